The summed E-state index contributed by atoms with van der Waals surface area (Å²) in [6.45, 7) is 0. The van der Waals surface area contributed by atoms with Crippen molar-refractivity contribution in [3.63, 3.8) is 0 Å². The van der Waals surface area contributed by atoms with Gasteiger partial charge in [-0.1, -0.05) is 37.5 Å². The van der Waals surface area contributed by atoms with E-state index in [1.165, 1.54) is 26.4 Å². The van der Waals surface area contributed by atoms with Gasteiger partial charge >= 0.3 is 0 Å². The van der Waals surface area contributed by atoms with Crippen LogP contribution in [0.5, 0.6) is 0 Å². The first-order valence-electron chi connectivity index (χ1n) is 6.04. The second kappa shape index (κ2) is 5.19. The normalized spacial score (nSPS) is 18.2. The molecule has 1 aromatic rings. The molecule has 0 saturated heterocycles. The lowest BCUT2D eigenvalue weighted by Crippen LogP contribution is -2.11. The molecule has 4 heteroatoms. The van der Waals surface area contributed by atoms with Crippen molar-refractivity contribution in [1.29, 1.82) is 0 Å². The van der Waals surface area contributed by atoms with Gasteiger partial charge in [-0.3, -0.25) is 4.18 Å². The zero-order chi connectivity index (χ0) is 12.3. The van der Waals surface area contributed by atoms with Gasteiger partial charge in [0.1, 0.15) is 0 Å². The lowest BCUT2D eigenvalue weighted by atomic mass is 9.84. The van der Waals surface area contributed by atoms with E-state index in [1.54, 1.807) is 12.1 Å². The molecule has 94 valence electrons. The Kier molecular flexibility index (Phi) is 3.84. The molecule has 0 aliphatic heterocycles. The maximum Gasteiger partial charge on any atom is 0.296 e. The Morgan fingerprint density at radius 1 is 1.12 bits per heavy atom. The molecule has 2 rings (SSSR count). The van der Waals surface area contributed by atoms with Crippen LogP contribution in [0.1, 0.15) is 43.6 Å². The summed E-state index contributed by atoms with van der Waals surface area (Å²) in [5, 5.41) is 0. The molecule has 1 saturated carbocycles. The lowest BCUT2D eigenvalue weighted by Gasteiger charge is -2.23. The maximum absolute atomic E-state index is 11.8. The predicted molar refractivity (Wildman–Crippen MR) is 66.5 cm³/mol. The molecule has 0 heterocycles. The molecule has 0 amide bonds. The third kappa shape index (κ3) is 2.69. The van der Waals surface area contributed by atoms with Crippen LogP contribution in [-0.2, 0) is 14.3 Å². The number of benzene rings is 1. The molecule has 1 fully saturated rings. The van der Waals surface area contributed by atoms with E-state index in [2.05, 4.69) is 4.18 Å². The quantitative estimate of drug-likeness (QED) is 0.779. The first-order chi connectivity index (χ1) is 8.15. The van der Waals surface area contributed by atoms with Crippen LogP contribution in [0, 0.1) is 0 Å². The highest BCUT2D eigenvalue weighted by Crippen LogP contribution is 2.36. The minimum absolute atomic E-state index is 0.342. The van der Waals surface area contributed by atoms with Crippen LogP contribution in [0.25, 0.3) is 0 Å². The van der Waals surface area contributed by atoms with Crippen molar-refractivity contribution >= 4 is 10.1 Å². The summed E-state index contributed by atoms with van der Waals surface area (Å²) in [6, 6.07) is 7.21. The highest BCUT2D eigenvalue weighted by Gasteiger charge is 2.24. The zero-order valence-corrected chi connectivity index (χ0v) is 10.9. The van der Waals surface area contributed by atoms with E-state index >= 15 is 0 Å². The zero-order valence-electron chi connectivity index (χ0n) is 10.1. The van der Waals surface area contributed by atoms with Gasteiger partial charge in [0.15, 0.2) is 0 Å². The van der Waals surface area contributed by atoms with E-state index in [-0.39, 0.29) is 0 Å². The van der Waals surface area contributed by atoms with Gasteiger partial charge in [-0.15, -0.1) is 0 Å². The summed E-state index contributed by atoms with van der Waals surface area (Å²) >= 11 is 0. The molecule has 0 N–H and O–H groups in total. The highest BCUT2D eigenvalue weighted by atomic mass is 32.2. The molecule has 0 atom stereocenters. The van der Waals surface area contributed by atoms with Gasteiger partial charge in [-0.05, 0) is 30.4 Å². The second-order valence-corrected chi connectivity index (χ2v) is 6.17. The van der Waals surface area contributed by atoms with Crippen LogP contribution < -0.4 is 0 Å². The van der Waals surface area contributed by atoms with Crippen molar-refractivity contribution in [2.24, 2.45) is 0 Å². The number of hydrogen-bond acceptors (Lipinski definition) is 3. The Balaban J connectivity index is 2.40. The van der Waals surface area contributed by atoms with Crippen molar-refractivity contribution in [1.82, 2.24) is 0 Å². The molecule has 1 aliphatic rings. The number of hydrogen-bond donors (Lipinski definition) is 0. The van der Waals surface area contributed by atoms with Crippen LogP contribution >= 0.6 is 0 Å². The third-order valence-corrected chi connectivity index (χ3v) is 4.80. The fourth-order valence-electron chi connectivity index (χ4n) is 2.55. The molecule has 0 unspecified atom stereocenters. The van der Waals surface area contributed by atoms with E-state index in [0.29, 0.717) is 10.8 Å². The molecule has 0 spiro atoms. The van der Waals surface area contributed by atoms with E-state index in [4.69, 9.17) is 0 Å². The minimum Gasteiger partial charge on any atom is -0.270 e. The van der Waals surface area contributed by atoms with Crippen molar-refractivity contribution in [2.45, 2.75) is 42.9 Å². The Morgan fingerprint density at radius 2 is 1.76 bits per heavy atom. The average Bonchev–Trinajstić information content (AvgIpc) is 2.40. The van der Waals surface area contributed by atoms with Crippen LogP contribution in [0.2, 0.25) is 0 Å². The molecule has 0 radical (unpaired) electrons. The first kappa shape index (κ1) is 12.6. The summed E-state index contributed by atoms with van der Waals surface area (Å²) in [7, 11) is -2.36. The van der Waals surface area contributed by atoms with E-state index in [1.807, 2.05) is 12.1 Å². The third-order valence-electron chi connectivity index (χ3n) is 3.45. The van der Waals surface area contributed by atoms with Gasteiger partial charge in [0.2, 0.25) is 0 Å². The van der Waals surface area contributed by atoms with E-state index in [0.717, 1.165) is 18.4 Å². The maximum atomic E-state index is 11.8. The van der Waals surface area contributed by atoms with Crippen LogP contribution in [0.4, 0.5) is 0 Å². The van der Waals surface area contributed by atoms with Gasteiger partial charge in [0.05, 0.1) is 12.0 Å². The highest BCUT2D eigenvalue weighted by molar-refractivity contribution is 7.86. The summed E-state index contributed by atoms with van der Waals surface area (Å²) in [5.74, 6) is 0.366. The molecule has 17 heavy (non-hydrogen) atoms. The molecule has 1 aromatic carbocycles. The fraction of sp³-hybridized carbons (Fsp3) is 0.538. The van der Waals surface area contributed by atoms with Crippen molar-refractivity contribution < 1.29 is 12.6 Å². The molecular formula is C13H18O3S. The monoisotopic (exact) mass is 254 g/mol. The molecule has 3 nitrogen and oxygen atoms in total. The SMILES string of the molecule is COS(=O)(=O)c1ccccc1C1CCCCC1. The second-order valence-electron chi connectivity index (χ2n) is 4.49. The predicted octanol–water partition coefficient (Wildman–Crippen LogP) is 3.07. The topological polar surface area (TPSA) is 43.4 Å². The Labute approximate surface area is 103 Å². The van der Waals surface area contributed by atoms with Gasteiger partial charge in [-0.2, -0.15) is 8.42 Å². The van der Waals surface area contributed by atoms with Gasteiger partial charge in [0.25, 0.3) is 10.1 Å². The van der Waals surface area contributed by atoms with Crippen LogP contribution in [-0.4, -0.2) is 15.5 Å². The van der Waals surface area contributed by atoms with Crippen molar-refractivity contribution in [3.05, 3.63) is 29.8 Å². The Bertz CT molecular complexity index is 473. The summed E-state index contributed by atoms with van der Waals surface area (Å²) in [4.78, 5) is 0.342. The van der Waals surface area contributed by atoms with E-state index in [9.17, 15) is 8.42 Å². The summed E-state index contributed by atoms with van der Waals surface area (Å²) in [6.07, 6.45) is 5.79. The minimum atomic E-state index is -3.58. The Hall–Kier alpha value is -0.870. The van der Waals surface area contributed by atoms with Gasteiger partial charge < -0.3 is 0 Å². The largest absolute Gasteiger partial charge is 0.296 e. The molecule has 1 aliphatic carbocycles. The smallest absolute Gasteiger partial charge is 0.270 e. The first-order valence-corrected chi connectivity index (χ1v) is 7.45. The standard InChI is InChI=1S/C13H18O3S/c1-16-17(14,15)13-10-6-5-9-12(13)11-7-3-2-4-8-11/h5-6,9-11H,2-4,7-8H2,1H3. The fourth-order valence-corrected chi connectivity index (χ4v) is 3.50. The van der Waals surface area contributed by atoms with Crippen molar-refractivity contribution in [2.75, 3.05) is 7.11 Å². The summed E-state index contributed by atoms with van der Waals surface area (Å²) in [5.41, 5.74) is 0.925. The van der Waals surface area contributed by atoms with Crippen LogP contribution in [0.3, 0.4) is 0 Å². The lowest BCUT2D eigenvalue weighted by molar-refractivity contribution is 0.393. The molecule has 0 aromatic heterocycles. The average molecular weight is 254 g/mol. The van der Waals surface area contributed by atoms with Gasteiger partial charge in [0, 0.05) is 0 Å². The Morgan fingerprint density at radius 3 is 2.41 bits per heavy atom. The van der Waals surface area contributed by atoms with Gasteiger partial charge in [-0.25, -0.2) is 0 Å². The molecular weight excluding hydrogens is 236 g/mol. The number of rotatable bonds is 3. The molecule has 0 bridgehead atoms. The van der Waals surface area contributed by atoms with E-state index < -0.39 is 10.1 Å². The van der Waals surface area contributed by atoms with Crippen LogP contribution in [0.15, 0.2) is 29.2 Å². The van der Waals surface area contributed by atoms with Crippen molar-refractivity contribution in [3.8, 4) is 0 Å². The summed E-state index contributed by atoms with van der Waals surface area (Å²) < 4.78 is 28.3.